The molecule has 12 heteroatoms. The number of carbonyl (C=O) groups is 2. The summed E-state index contributed by atoms with van der Waals surface area (Å²) >= 11 is 6.08. The lowest BCUT2D eigenvalue weighted by Crippen LogP contribution is -2.55. The van der Waals surface area contributed by atoms with Gasteiger partial charge in [0.25, 0.3) is 11.8 Å². The first kappa shape index (κ1) is 27.0. The minimum Gasteiger partial charge on any atom is -0.476 e. The Hall–Kier alpha value is -3.08. The van der Waals surface area contributed by atoms with Crippen LogP contribution in [-0.4, -0.2) is 53.2 Å². The van der Waals surface area contributed by atoms with Crippen molar-refractivity contribution in [1.82, 2.24) is 15.6 Å². The zero-order chi connectivity index (χ0) is 27.0. The average molecular weight is 543 g/mol. The number of hydrogen-bond donors (Lipinski definition) is 2. The first-order valence-electron chi connectivity index (χ1n) is 11.9. The Morgan fingerprint density at radius 2 is 1.81 bits per heavy atom. The molecule has 0 radical (unpaired) electrons. The van der Waals surface area contributed by atoms with Crippen molar-refractivity contribution in [2.75, 3.05) is 11.4 Å². The van der Waals surface area contributed by atoms with E-state index in [0.717, 1.165) is 18.9 Å². The Morgan fingerprint density at radius 1 is 1.14 bits per heavy atom. The molecule has 2 bridgehead atoms. The van der Waals surface area contributed by atoms with Crippen molar-refractivity contribution in [2.45, 2.75) is 69.4 Å². The van der Waals surface area contributed by atoms with Gasteiger partial charge in [0.1, 0.15) is 23.9 Å². The Kier molecular flexibility index (Phi) is 7.55. The molecule has 0 saturated carbocycles. The molecule has 3 atom stereocenters. The molecule has 0 aliphatic carbocycles. The number of fused-ring (bicyclic) bond motifs is 2. The molecule has 200 valence electrons. The van der Waals surface area contributed by atoms with Crippen LogP contribution in [0.5, 0.6) is 5.75 Å². The second-order valence-corrected chi connectivity index (χ2v) is 10.2. The van der Waals surface area contributed by atoms with E-state index in [9.17, 15) is 27.2 Å². The van der Waals surface area contributed by atoms with Gasteiger partial charge >= 0.3 is 6.18 Å². The number of alkyl halides is 3. The van der Waals surface area contributed by atoms with Crippen molar-refractivity contribution in [3.8, 4) is 5.75 Å². The van der Waals surface area contributed by atoms with Crippen LogP contribution < -0.4 is 20.3 Å². The van der Waals surface area contributed by atoms with Gasteiger partial charge in [-0.15, -0.1) is 0 Å². The number of carbonyl (C=O) groups excluding carboxylic acids is 2. The van der Waals surface area contributed by atoms with Gasteiger partial charge in [0.05, 0.1) is 10.6 Å². The lowest BCUT2D eigenvalue weighted by atomic mass is 9.96. The van der Waals surface area contributed by atoms with Gasteiger partial charge in [0.15, 0.2) is 5.60 Å². The molecule has 2 N–H and O–H groups in total. The van der Waals surface area contributed by atoms with Crippen molar-refractivity contribution in [3.05, 3.63) is 52.9 Å². The normalized spacial score (nSPS) is 21.5. The molecule has 1 aromatic heterocycles. The summed E-state index contributed by atoms with van der Waals surface area (Å²) in [4.78, 5) is 31.5. The topological polar surface area (TPSA) is 83.6 Å². The minimum atomic E-state index is -4.49. The molecular weight excluding hydrogens is 516 g/mol. The Balaban J connectivity index is 1.36. The summed E-state index contributed by atoms with van der Waals surface area (Å²) in [7, 11) is 0. The maximum absolute atomic E-state index is 13.6. The van der Waals surface area contributed by atoms with E-state index in [-0.39, 0.29) is 40.4 Å². The van der Waals surface area contributed by atoms with E-state index in [1.54, 1.807) is 19.9 Å². The largest absolute Gasteiger partial charge is 0.476 e. The molecule has 3 heterocycles. The number of benzene rings is 1. The summed E-state index contributed by atoms with van der Waals surface area (Å²) in [5.41, 5.74) is -1.25. The summed E-state index contributed by atoms with van der Waals surface area (Å²) in [6.07, 6.45) is -0.110. The van der Waals surface area contributed by atoms with E-state index in [0.29, 0.717) is 18.7 Å². The third kappa shape index (κ3) is 6.44. The number of piperidine rings is 1. The fourth-order valence-electron chi connectivity index (χ4n) is 4.86. The molecule has 2 amide bonds. The van der Waals surface area contributed by atoms with E-state index in [1.807, 2.05) is 5.32 Å². The number of amides is 2. The molecule has 37 heavy (non-hydrogen) atoms. The zero-order valence-corrected chi connectivity index (χ0v) is 21.0. The van der Waals surface area contributed by atoms with E-state index >= 15 is 0 Å². The lowest BCUT2D eigenvalue weighted by Gasteiger charge is -2.40. The first-order valence-corrected chi connectivity index (χ1v) is 12.2. The van der Waals surface area contributed by atoms with E-state index in [1.165, 1.54) is 24.4 Å². The molecule has 2 saturated heterocycles. The summed E-state index contributed by atoms with van der Waals surface area (Å²) in [5.74, 6) is -1.00. The van der Waals surface area contributed by atoms with Gasteiger partial charge in [0, 0.05) is 30.4 Å². The fourth-order valence-corrected chi connectivity index (χ4v) is 5.02. The lowest BCUT2D eigenvalue weighted by molar-refractivity contribution is -0.135. The highest BCUT2D eigenvalue weighted by atomic mass is 35.5. The fraction of sp³-hybridized carbons (Fsp3) is 0.480. The summed E-state index contributed by atoms with van der Waals surface area (Å²) < 4.78 is 56.4. The highest BCUT2D eigenvalue weighted by Gasteiger charge is 2.43. The maximum Gasteiger partial charge on any atom is 0.405 e. The number of anilines is 1. The molecule has 0 spiro atoms. The molecule has 0 unspecified atom stereocenters. The average Bonchev–Trinajstić information content (AvgIpc) is 3.09. The number of aromatic nitrogens is 1. The number of halogens is 5. The van der Waals surface area contributed by atoms with Gasteiger partial charge in [-0.2, -0.15) is 13.2 Å². The van der Waals surface area contributed by atoms with Crippen LogP contribution in [0.2, 0.25) is 5.02 Å². The van der Waals surface area contributed by atoms with Gasteiger partial charge in [-0.05, 0) is 63.8 Å². The van der Waals surface area contributed by atoms with E-state index < -0.39 is 30.0 Å². The van der Waals surface area contributed by atoms with Crippen molar-refractivity contribution >= 4 is 29.2 Å². The van der Waals surface area contributed by atoms with Crippen molar-refractivity contribution in [2.24, 2.45) is 0 Å². The minimum absolute atomic E-state index is 0.0446. The van der Waals surface area contributed by atoms with Crippen molar-refractivity contribution in [1.29, 1.82) is 0 Å². The smallest absolute Gasteiger partial charge is 0.405 e. The van der Waals surface area contributed by atoms with Crippen molar-refractivity contribution in [3.63, 3.8) is 0 Å². The van der Waals surface area contributed by atoms with Gasteiger partial charge in [-0.3, -0.25) is 9.59 Å². The van der Waals surface area contributed by atoms with Gasteiger partial charge in [0.2, 0.25) is 0 Å². The van der Waals surface area contributed by atoms with Crippen LogP contribution in [0.3, 0.4) is 0 Å². The maximum atomic E-state index is 13.6. The highest BCUT2D eigenvalue weighted by molar-refractivity contribution is 6.32. The molecule has 7 nitrogen and oxygen atoms in total. The Morgan fingerprint density at radius 3 is 2.41 bits per heavy atom. The van der Waals surface area contributed by atoms with Crippen LogP contribution in [0.4, 0.5) is 23.4 Å². The van der Waals surface area contributed by atoms with Crippen LogP contribution in [0.15, 0.2) is 36.5 Å². The second-order valence-electron chi connectivity index (χ2n) is 9.82. The molecule has 2 fully saturated rings. The predicted octanol–water partition coefficient (Wildman–Crippen LogP) is 4.64. The van der Waals surface area contributed by atoms with Crippen LogP contribution in [-0.2, 0) is 4.79 Å². The monoisotopic (exact) mass is 542 g/mol. The number of nitrogens with one attached hydrogen (secondary N) is 2. The quantitative estimate of drug-likeness (QED) is 0.498. The molecule has 4 rings (SSSR count). The summed E-state index contributed by atoms with van der Waals surface area (Å²) in [6.45, 7) is 1.77. The Labute approximate surface area is 216 Å². The van der Waals surface area contributed by atoms with Crippen LogP contribution in [0.25, 0.3) is 0 Å². The second kappa shape index (κ2) is 10.4. The number of hydrogen-bond acceptors (Lipinski definition) is 5. The number of nitrogens with zero attached hydrogens (tertiary/aromatic N) is 2. The zero-order valence-electron chi connectivity index (χ0n) is 20.2. The number of pyridine rings is 1. The molecule has 2 aliphatic heterocycles. The number of rotatable bonds is 7. The van der Waals surface area contributed by atoms with Crippen LogP contribution in [0.1, 0.15) is 49.9 Å². The molecule has 2 aromatic rings. The third-order valence-electron chi connectivity index (χ3n) is 6.60. The SMILES string of the molecule is CC(C)(Oc1cc(F)ccc1Cl)C(=O)N[C@H]1C[C@H]2CC[C@@H](C1)N2c1ccc(C(=O)NCC(F)(F)F)cn1. The molecular formula is C25H27ClF4N4O3. The standard InChI is InChI=1S/C25H27ClF4N4O3/c1-24(2,37-20-9-15(27)4-7-19(20)26)23(36)33-16-10-17-5-6-18(11-16)34(17)21-8-3-14(12-31-21)22(35)32-13-25(28,29)30/h3-4,7-9,12,16-18H,5-6,10-11,13H2,1-2H3,(H,32,35)(H,33,36)/t16-,17+,18-. The van der Waals surface area contributed by atoms with E-state index in [2.05, 4.69) is 15.2 Å². The highest BCUT2D eigenvalue weighted by Crippen LogP contribution is 2.39. The van der Waals surface area contributed by atoms with Gasteiger partial charge < -0.3 is 20.3 Å². The van der Waals surface area contributed by atoms with Crippen LogP contribution >= 0.6 is 11.6 Å². The molecule has 1 aromatic carbocycles. The Bertz CT molecular complexity index is 1150. The summed E-state index contributed by atoms with van der Waals surface area (Å²) in [5, 5.41) is 5.07. The molecule has 2 aliphatic rings. The number of ether oxygens (including phenoxy) is 1. The van der Waals surface area contributed by atoms with E-state index in [4.69, 9.17) is 16.3 Å². The van der Waals surface area contributed by atoms with Gasteiger partial charge in [-0.25, -0.2) is 9.37 Å². The van der Waals surface area contributed by atoms with Crippen LogP contribution in [0, 0.1) is 5.82 Å². The summed E-state index contributed by atoms with van der Waals surface area (Å²) in [6, 6.07) is 6.88. The van der Waals surface area contributed by atoms with Crippen molar-refractivity contribution < 1.29 is 31.9 Å². The predicted molar refractivity (Wildman–Crippen MR) is 129 cm³/mol. The first-order chi connectivity index (χ1) is 17.3. The third-order valence-corrected chi connectivity index (χ3v) is 6.91. The van der Waals surface area contributed by atoms with Gasteiger partial charge in [-0.1, -0.05) is 11.6 Å².